The molecule has 0 bridgehead atoms. The van der Waals surface area contributed by atoms with Crippen molar-refractivity contribution in [2.24, 2.45) is 0 Å². The minimum absolute atomic E-state index is 0.112. The zero-order valence-electron chi connectivity index (χ0n) is 14.9. The van der Waals surface area contributed by atoms with Gasteiger partial charge in [-0.1, -0.05) is 52.5 Å². The maximum absolute atomic E-state index is 12.3. The molecule has 0 radical (unpaired) electrons. The predicted octanol–water partition coefficient (Wildman–Crippen LogP) is 4.11. The highest BCUT2D eigenvalue weighted by atomic mass is 35.6. The number of nitrogens with zero attached hydrogens (tertiary/aromatic N) is 1. The highest BCUT2D eigenvalue weighted by Crippen LogP contribution is 2.35. The number of aryl methyl sites for hydroxylation is 1. The van der Waals surface area contributed by atoms with Gasteiger partial charge in [-0.05, 0) is 31.2 Å². The van der Waals surface area contributed by atoms with Crippen LogP contribution in [0.25, 0.3) is 0 Å². The van der Waals surface area contributed by atoms with Crippen LogP contribution in [-0.4, -0.2) is 35.4 Å². The van der Waals surface area contributed by atoms with Gasteiger partial charge in [-0.3, -0.25) is 9.59 Å². The van der Waals surface area contributed by atoms with Crippen LogP contribution >= 0.6 is 34.8 Å². The largest absolute Gasteiger partial charge is 0.492 e. The number of ether oxygens (including phenoxy) is 2. The van der Waals surface area contributed by atoms with Crippen LogP contribution in [0.1, 0.15) is 5.56 Å². The fraction of sp³-hybridized carbons (Fsp3) is 0.263. The molecule has 0 aliphatic carbocycles. The molecule has 148 valence electrons. The van der Waals surface area contributed by atoms with Crippen LogP contribution in [0.3, 0.4) is 0 Å². The molecule has 0 fully saturated rings. The summed E-state index contributed by atoms with van der Waals surface area (Å²) in [4.78, 5) is 25.6. The molecular weight excluding hydrogens is 427 g/mol. The van der Waals surface area contributed by atoms with Crippen molar-refractivity contribution in [3.63, 3.8) is 0 Å². The summed E-state index contributed by atoms with van der Waals surface area (Å²) in [5.74, 6) is 0.208. The van der Waals surface area contributed by atoms with E-state index in [9.17, 15) is 9.59 Å². The number of anilines is 2. The number of amides is 2. The molecular formula is C19H17Cl3N2O4. The van der Waals surface area contributed by atoms with Gasteiger partial charge in [0, 0.05) is 11.8 Å². The third kappa shape index (κ3) is 5.01. The molecule has 1 N–H and O–H groups in total. The fourth-order valence-electron chi connectivity index (χ4n) is 2.62. The van der Waals surface area contributed by atoms with Crippen molar-refractivity contribution in [2.45, 2.75) is 10.7 Å². The zero-order chi connectivity index (χ0) is 20.3. The first-order chi connectivity index (χ1) is 13.2. The minimum atomic E-state index is -2.08. The quantitative estimate of drug-likeness (QED) is 0.706. The average molecular weight is 444 g/mol. The Kier molecular flexibility index (Phi) is 6.23. The molecule has 0 unspecified atom stereocenters. The molecule has 6 nitrogen and oxygen atoms in total. The van der Waals surface area contributed by atoms with Gasteiger partial charge in [-0.15, -0.1) is 0 Å². The minimum Gasteiger partial charge on any atom is -0.492 e. The van der Waals surface area contributed by atoms with E-state index in [1.54, 1.807) is 23.1 Å². The van der Waals surface area contributed by atoms with Gasteiger partial charge in [0.15, 0.2) is 6.61 Å². The summed E-state index contributed by atoms with van der Waals surface area (Å²) < 4.78 is 9.10. The van der Waals surface area contributed by atoms with Crippen molar-refractivity contribution < 1.29 is 19.1 Å². The second-order valence-corrected chi connectivity index (χ2v) is 8.41. The number of alkyl halides is 3. The van der Waals surface area contributed by atoms with Crippen LogP contribution in [-0.2, 0) is 9.59 Å². The maximum Gasteiger partial charge on any atom is 0.276 e. The first kappa shape index (κ1) is 20.6. The highest BCUT2D eigenvalue weighted by molar-refractivity contribution is 6.76. The van der Waals surface area contributed by atoms with Crippen LogP contribution in [0.4, 0.5) is 11.4 Å². The number of rotatable bonds is 5. The number of nitrogens with one attached hydrogen (secondary N) is 1. The Morgan fingerprint density at radius 2 is 1.93 bits per heavy atom. The lowest BCUT2D eigenvalue weighted by Gasteiger charge is -2.29. The Balaban J connectivity index is 1.68. The monoisotopic (exact) mass is 442 g/mol. The van der Waals surface area contributed by atoms with E-state index in [4.69, 9.17) is 44.3 Å². The number of carbonyl (C=O) groups excluding carboxylic acids is 2. The van der Waals surface area contributed by atoms with E-state index >= 15 is 0 Å². The molecule has 1 aliphatic rings. The van der Waals surface area contributed by atoms with Gasteiger partial charge in [-0.2, -0.15) is 0 Å². The van der Waals surface area contributed by atoms with Crippen LogP contribution < -0.4 is 19.7 Å². The second kappa shape index (κ2) is 8.47. The van der Waals surface area contributed by atoms with Gasteiger partial charge in [0.25, 0.3) is 15.6 Å². The number of benzene rings is 2. The number of hydrogen-bond donors (Lipinski definition) is 1. The zero-order valence-corrected chi connectivity index (χ0v) is 17.1. The highest BCUT2D eigenvalue weighted by Gasteiger charge is 2.31. The topological polar surface area (TPSA) is 67.9 Å². The molecule has 0 saturated carbocycles. The first-order valence-electron chi connectivity index (χ1n) is 8.39. The molecule has 1 aliphatic heterocycles. The Labute approximate surface area is 177 Å². The lowest BCUT2D eigenvalue weighted by atomic mass is 10.2. The number of halogens is 3. The first-order valence-corrected chi connectivity index (χ1v) is 9.52. The number of fused-ring (bicyclic) bond motifs is 1. The molecule has 2 amide bonds. The number of hydrogen-bond acceptors (Lipinski definition) is 4. The SMILES string of the molecule is Cc1ccc(OCCN2C(=O)COc3cc(NC(=O)C(Cl)(Cl)Cl)ccc32)cc1. The fourth-order valence-corrected chi connectivity index (χ4v) is 2.76. The summed E-state index contributed by atoms with van der Waals surface area (Å²) in [5, 5.41) is 2.48. The third-order valence-electron chi connectivity index (χ3n) is 4.02. The van der Waals surface area contributed by atoms with Crippen LogP contribution in [0.2, 0.25) is 0 Å². The Bertz CT molecular complexity index is 882. The molecule has 2 aromatic rings. The summed E-state index contributed by atoms with van der Waals surface area (Å²) in [5.41, 5.74) is 2.11. The van der Waals surface area contributed by atoms with Crippen LogP contribution in [0.5, 0.6) is 11.5 Å². The van der Waals surface area contributed by atoms with Crippen molar-refractivity contribution in [3.05, 3.63) is 48.0 Å². The standard InChI is InChI=1S/C19H17Cl3N2O4/c1-12-2-5-14(6-3-12)27-9-8-24-15-7-4-13(23-18(26)19(20,21)22)10-16(15)28-11-17(24)25/h2-7,10H,8-9,11H2,1H3,(H,23,26). The van der Waals surface area contributed by atoms with E-state index in [1.165, 1.54) is 0 Å². The smallest absolute Gasteiger partial charge is 0.276 e. The summed E-state index contributed by atoms with van der Waals surface area (Å²) in [6, 6.07) is 12.5. The van der Waals surface area contributed by atoms with Crippen molar-refractivity contribution in [2.75, 3.05) is 30.0 Å². The summed E-state index contributed by atoms with van der Waals surface area (Å²) in [7, 11) is 0. The van der Waals surface area contributed by atoms with Crippen molar-refractivity contribution in [1.29, 1.82) is 0 Å². The summed E-state index contributed by atoms with van der Waals surface area (Å²) >= 11 is 16.7. The molecule has 28 heavy (non-hydrogen) atoms. The molecule has 0 spiro atoms. The van der Waals surface area contributed by atoms with Gasteiger partial charge in [-0.25, -0.2) is 0 Å². The normalized spacial score (nSPS) is 13.6. The van der Waals surface area contributed by atoms with Gasteiger partial charge < -0.3 is 19.7 Å². The van der Waals surface area contributed by atoms with E-state index in [0.29, 0.717) is 30.3 Å². The Hall–Kier alpha value is -2.15. The molecule has 9 heteroatoms. The molecule has 0 saturated heterocycles. The van der Waals surface area contributed by atoms with Crippen molar-refractivity contribution in [3.8, 4) is 11.5 Å². The van der Waals surface area contributed by atoms with E-state index < -0.39 is 9.70 Å². The molecule has 1 heterocycles. The predicted molar refractivity (Wildman–Crippen MR) is 110 cm³/mol. The van der Waals surface area contributed by atoms with E-state index in [0.717, 1.165) is 11.3 Å². The van der Waals surface area contributed by atoms with Gasteiger partial charge in [0.2, 0.25) is 0 Å². The lowest BCUT2D eigenvalue weighted by Crippen LogP contribution is -2.41. The third-order valence-corrected chi connectivity index (χ3v) is 4.54. The van der Waals surface area contributed by atoms with Gasteiger partial charge in [0.05, 0.1) is 12.2 Å². The maximum atomic E-state index is 12.3. The molecule has 3 rings (SSSR count). The summed E-state index contributed by atoms with van der Waals surface area (Å²) in [6.45, 7) is 2.56. The Morgan fingerprint density at radius 3 is 2.61 bits per heavy atom. The Morgan fingerprint density at radius 1 is 1.21 bits per heavy atom. The van der Waals surface area contributed by atoms with Crippen molar-refractivity contribution in [1.82, 2.24) is 0 Å². The van der Waals surface area contributed by atoms with Gasteiger partial charge in [0.1, 0.15) is 18.1 Å². The van der Waals surface area contributed by atoms with E-state index in [-0.39, 0.29) is 12.5 Å². The van der Waals surface area contributed by atoms with Gasteiger partial charge >= 0.3 is 0 Å². The summed E-state index contributed by atoms with van der Waals surface area (Å²) in [6.07, 6.45) is 0. The second-order valence-electron chi connectivity index (χ2n) is 6.13. The molecule has 2 aromatic carbocycles. The van der Waals surface area contributed by atoms with Crippen LogP contribution in [0, 0.1) is 6.92 Å². The van der Waals surface area contributed by atoms with Crippen LogP contribution in [0.15, 0.2) is 42.5 Å². The van der Waals surface area contributed by atoms with E-state index in [2.05, 4.69) is 5.32 Å². The van der Waals surface area contributed by atoms with Crippen molar-refractivity contribution >= 4 is 58.0 Å². The lowest BCUT2D eigenvalue weighted by molar-refractivity contribution is -0.121. The average Bonchev–Trinajstić information content (AvgIpc) is 2.64. The van der Waals surface area contributed by atoms with E-state index in [1.807, 2.05) is 31.2 Å². The number of carbonyl (C=O) groups is 2. The molecule has 0 aromatic heterocycles. The molecule has 0 atom stereocenters.